The number of aromatic nitrogens is 1. The van der Waals surface area contributed by atoms with Crippen LogP contribution >= 0.6 is 0 Å². The van der Waals surface area contributed by atoms with Crippen molar-refractivity contribution in [2.45, 2.75) is 19.5 Å². The van der Waals surface area contributed by atoms with Gasteiger partial charge in [-0.1, -0.05) is 12.1 Å². The van der Waals surface area contributed by atoms with E-state index in [2.05, 4.69) is 9.88 Å². The molecule has 4 heteroatoms. The molecule has 2 aromatic rings. The van der Waals surface area contributed by atoms with Crippen LogP contribution in [0.3, 0.4) is 0 Å². The molecule has 19 heavy (non-hydrogen) atoms. The fourth-order valence-corrected chi connectivity index (χ4v) is 1.94. The fraction of sp³-hybridized carbons (Fsp3) is 0.267. The summed E-state index contributed by atoms with van der Waals surface area (Å²) in [6.07, 6.45) is 3.52. The van der Waals surface area contributed by atoms with Crippen molar-refractivity contribution in [3.05, 3.63) is 65.5 Å². The van der Waals surface area contributed by atoms with Crippen LogP contribution in [0, 0.1) is 11.6 Å². The van der Waals surface area contributed by atoms with E-state index in [0.717, 1.165) is 11.1 Å². The summed E-state index contributed by atoms with van der Waals surface area (Å²) >= 11 is 0. The summed E-state index contributed by atoms with van der Waals surface area (Å²) in [5.41, 5.74) is 1.84. The van der Waals surface area contributed by atoms with Crippen LogP contribution < -0.4 is 0 Å². The van der Waals surface area contributed by atoms with Gasteiger partial charge in [-0.15, -0.1) is 0 Å². The first-order valence-electron chi connectivity index (χ1n) is 6.12. The molecule has 0 fully saturated rings. The van der Waals surface area contributed by atoms with E-state index in [1.165, 1.54) is 12.1 Å². The zero-order chi connectivity index (χ0) is 13.8. The number of nitrogens with zero attached hydrogens (tertiary/aromatic N) is 2. The van der Waals surface area contributed by atoms with Gasteiger partial charge in [0.15, 0.2) is 11.6 Å². The van der Waals surface area contributed by atoms with Crippen molar-refractivity contribution in [3.8, 4) is 0 Å². The number of benzene rings is 1. The van der Waals surface area contributed by atoms with E-state index in [0.29, 0.717) is 6.54 Å². The van der Waals surface area contributed by atoms with Gasteiger partial charge in [0.25, 0.3) is 0 Å². The second kappa shape index (κ2) is 5.89. The predicted molar refractivity (Wildman–Crippen MR) is 70.5 cm³/mol. The first-order valence-corrected chi connectivity index (χ1v) is 6.12. The quantitative estimate of drug-likeness (QED) is 0.837. The van der Waals surface area contributed by atoms with Crippen molar-refractivity contribution in [2.75, 3.05) is 7.05 Å². The molecule has 0 saturated carbocycles. The average molecular weight is 262 g/mol. The number of hydrogen-bond donors (Lipinski definition) is 0. The maximum absolute atomic E-state index is 13.2. The fourth-order valence-electron chi connectivity index (χ4n) is 1.94. The highest BCUT2D eigenvalue weighted by Crippen LogP contribution is 2.22. The minimum absolute atomic E-state index is 0.00435. The molecule has 100 valence electrons. The Morgan fingerprint density at radius 1 is 1.21 bits per heavy atom. The SMILES string of the molecule is CC(c1ccc(F)c(F)c1)N(C)Cc1cccnc1. The van der Waals surface area contributed by atoms with Crippen LogP contribution in [0.25, 0.3) is 0 Å². The highest BCUT2D eigenvalue weighted by atomic mass is 19.2. The summed E-state index contributed by atoms with van der Waals surface area (Å²) in [5.74, 6) is -1.62. The van der Waals surface area contributed by atoms with Gasteiger partial charge in [0.2, 0.25) is 0 Å². The lowest BCUT2D eigenvalue weighted by Crippen LogP contribution is -2.22. The van der Waals surface area contributed by atoms with E-state index in [9.17, 15) is 8.78 Å². The molecule has 0 aliphatic heterocycles. The van der Waals surface area contributed by atoms with E-state index >= 15 is 0 Å². The maximum Gasteiger partial charge on any atom is 0.159 e. The largest absolute Gasteiger partial charge is 0.295 e. The van der Waals surface area contributed by atoms with Gasteiger partial charge in [0.05, 0.1) is 0 Å². The van der Waals surface area contributed by atoms with Crippen LogP contribution in [0.1, 0.15) is 24.1 Å². The lowest BCUT2D eigenvalue weighted by Gasteiger charge is -2.25. The third-order valence-corrected chi connectivity index (χ3v) is 3.24. The third kappa shape index (κ3) is 3.35. The Kier molecular flexibility index (Phi) is 4.22. The van der Waals surface area contributed by atoms with Crippen LogP contribution in [-0.2, 0) is 6.54 Å². The first kappa shape index (κ1) is 13.6. The molecule has 0 N–H and O–H groups in total. The summed E-state index contributed by atoms with van der Waals surface area (Å²) in [6, 6.07) is 7.89. The highest BCUT2D eigenvalue weighted by Gasteiger charge is 2.14. The molecule has 0 amide bonds. The summed E-state index contributed by atoms with van der Waals surface area (Å²) in [4.78, 5) is 6.12. The van der Waals surface area contributed by atoms with Gasteiger partial charge in [0, 0.05) is 25.0 Å². The molecule has 2 rings (SSSR count). The van der Waals surface area contributed by atoms with Gasteiger partial charge < -0.3 is 0 Å². The zero-order valence-corrected chi connectivity index (χ0v) is 11.0. The molecule has 0 aliphatic carbocycles. The summed E-state index contributed by atoms with van der Waals surface area (Å²) in [7, 11) is 1.94. The average Bonchev–Trinajstić information content (AvgIpc) is 2.42. The van der Waals surface area contributed by atoms with Crippen LogP contribution in [0.4, 0.5) is 8.78 Å². The van der Waals surface area contributed by atoms with Crippen molar-refractivity contribution in [1.82, 2.24) is 9.88 Å². The second-order valence-corrected chi connectivity index (χ2v) is 4.63. The van der Waals surface area contributed by atoms with Crippen LogP contribution in [-0.4, -0.2) is 16.9 Å². The van der Waals surface area contributed by atoms with E-state index in [-0.39, 0.29) is 6.04 Å². The highest BCUT2D eigenvalue weighted by molar-refractivity contribution is 5.21. The third-order valence-electron chi connectivity index (χ3n) is 3.24. The Balaban J connectivity index is 2.10. The lowest BCUT2D eigenvalue weighted by molar-refractivity contribution is 0.252. The normalized spacial score (nSPS) is 12.7. The molecule has 1 heterocycles. The van der Waals surface area contributed by atoms with Crippen molar-refractivity contribution in [1.29, 1.82) is 0 Å². The zero-order valence-electron chi connectivity index (χ0n) is 11.0. The predicted octanol–water partition coefficient (Wildman–Crippen LogP) is 3.55. The first-order chi connectivity index (χ1) is 9.08. The monoisotopic (exact) mass is 262 g/mol. The van der Waals surface area contributed by atoms with Crippen molar-refractivity contribution < 1.29 is 8.78 Å². The van der Waals surface area contributed by atoms with Gasteiger partial charge in [-0.2, -0.15) is 0 Å². The van der Waals surface area contributed by atoms with Gasteiger partial charge in [-0.25, -0.2) is 8.78 Å². The Hall–Kier alpha value is -1.81. The van der Waals surface area contributed by atoms with Crippen molar-refractivity contribution in [3.63, 3.8) is 0 Å². The van der Waals surface area contributed by atoms with Crippen LogP contribution in [0.2, 0.25) is 0 Å². The molecule has 2 nitrogen and oxygen atoms in total. The topological polar surface area (TPSA) is 16.1 Å². The van der Waals surface area contributed by atoms with E-state index < -0.39 is 11.6 Å². The van der Waals surface area contributed by atoms with Gasteiger partial charge >= 0.3 is 0 Å². The molecule has 0 bridgehead atoms. The molecule has 1 atom stereocenters. The van der Waals surface area contributed by atoms with E-state index in [1.54, 1.807) is 18.5 Å². The molecule has 1 unspecified atom stereocenters. The number of halogens is 2. The van der Waals surface area contributed by atoms with Crippen molar-refractivity contribution >= 4 is 0 Å². The van der Waals surface area contributed by atoms with Crippen LogP contribution in [0.15, 0.2) is 42.7 Å². The molecule has 1 aromatic heterocycles. The summed E-state index contributed by atoms with van der Waals surface area (Å²) in [6.45, 7) is 2.66. The Bertz CT molecular complexity index is 543. The van der Waals surface area contributed by atoms with E-state index in [1.807, 2.05) is 26.1 Å². The number of rotatable bonds is 4. The minimum Gasteiger partial charge on any atom is -0.295 e. The maximum atomic E-state index is 13.2. The minimum atomic E-state index is -0.814. The van der Waals surface area contributed by atoms with Gasteiger partial charge in [0.1, 0.15) is 0 Å². The summed E-state index contributed by atoms with van der Waals surface area (Å²) in [5, 5.41) is 0. The second-order valence-electron chi connectivity index (χ2n) is 4.63. The van der Waals surface area contributed by atoms with Crippen LogP contribution in [0.5, 0.6) is 0 Å². The molecule has 1 aromatic carbocycles. The van der Waals surface area contributed by atoms with E-state index in [4.69, 9.17) is 0 Å². The molecule has 0 spiro atoms. The molecular weight excluding hydrogens is 246 g/mol. The Labute approximate surface area is 111 Å². The molecule has 0 saturated heterocycles. The van der Waals surface area contributed by atoms with Crippen molar-refractivity contribution in [2.24, 2.45) is 0 Å². The number of pyridine rings is 1. The Morgan fingerprint density at radius 3 is 2.63 bits per heavy atom. The summed E-state index contributed by atoms with van der Waals surface area (Å²) < 4.78 is 26.1. The van der Waals surface area contributed by atoms with Gasteiger partial charge in [-0.3, -0.25) is 9.88 Å². The molecule has 0 aliphatic rings. The number of hydrogen-bond acceptors (Lipinski definition) is 2. The molecular formula is C15H16F2N2. The van der Waals surface area contributed by atoms with Gasteiger partial charge in [-0.05, 0) is 43.3 Å². The molecule has 0 radical (unpaired) electrons. The Morgan fingerprint density at radius 2 is 2.00 bits per heavy atom. The smallest absolute Gasteiger partial charge is 0.159 e. The lowest BCUT2D eigenvalue weighted by atomic mass is 10.1. The standard InChI is InChI=1S/C15H16F2N2/c1-11(13-5-6-14(16)15(17)8-13)19(2)10-12-4-3-7-18-9-12/h3-9,11H,10H2,1-2H3.